The first-order chi connectivity index (χ1) is 9.43. The zero-order chi connectivity index (χ0) is 15.1. The van der Waals surface area contributed by atoms with Crippen LogP contribution >= 0.6 is 0 Å². The third-order valence-electron chi connectivity index (χ3n) is 2.41. The first kappa shape index (κ1) is 15.6. The Morgan fingerprint density at radius 1 is 1.45 bits per heavy atom. The SMILES string of the molecule is NCCn1cc(C(=O)N[C@H](CCC(N)=O)C(=O)O)nn1. The van der Waals surface area contributed by atoms with E-state index in [9.17, 15) is 14.4 Å². The zero-order valence-electron chi connectivity index (χ0n) is 10.7. The van der Waals surface area contributed by atoms with Crippen LogP contribution in [-0.2, 0) is 16.1 Å². The Labute approximate surface area is 114 Å². The van der Waals surface area contributed by atoms with E-state index in [1.54, 1.807) is 0 Å². The summed E-state index contributed by atoms with van der Waals surface area (Å²) < 4.78 is 1.37. The maximum absolute atomic E-state index is 11.8. The molecule has 0 bridgehead atoms. The maximum atomic E-state index is 11.8. The lowest BCUT2D eigenvalue weighted by atomic mass is 10.1. The number of aliphatic carboxylic acids is 1. The normalized spacial score (nSPS) is 11.8. The molecule has 0 radical (unpaired) electrons. The number of rotatable bonds is 8. The van der Waals surface area contributed by atoms with Crippen molar-refractivity contribution < 1.29 is 19.5 Å². The number of carbonyl (C=O) groups excluding carboxylic acids is 2. The summed E-state index contributed by atoms with van der Waals surface area (Å²) in [5.74, 6) is -2.58. The summed E-state index contributed by atoms with van der Waals surface area (Å²) in [5, 5.41) is 18.5. The molecule has 0 unspecified atom stereocenters. The summed E-state index contributed by atoms with van der Waals surface area (Å²) in [5.41, 5.74) is 10.2. The fraction of sp³-hybridized carbons (Fsp3) is 0.500. The summed E-state index contributed by atoms with van der Waals surface area (Å²) in [6, 6.07) is -1.21. The van der Waals surface area contributed by atoms with Crippen LogP contribution < -0.4 is 16.8 Å². The molecule has 1 heterocycles. The molecule has 20 heavy (non-hydrogen) atoms. The van der Waals surface area contributed by atoms with Gasteiger partial charge in [-0.1, -0.05) is 5.21 Å². The molecular formula is C10H16N6O4. The zero-order valence-corrected chi connectivity index (χ0v) is 10.7. The van der Waals surface area contributed by atoms with E-state index in [-0.39, 0.29) is 18.5 Å². The quantitative estimate of drug-likeness (QED) is 0.416. The molecule has 1 atom stereocenters. The van der Waals surface area contributed by atoms with E-state index in [1.807, 2.05) is 0 Å². The van der Waals surface area contributed by atoms with Crippen LogP contribution in [0.3, 0.4) is 0 Å². The minimum absolute atomic E-state index is 0.0243. The second kappa shape index (κ2) is 7.19. The van der Waals surface area contributed by atoms with Gasteiger partial charge < -0.3 is 21.9 Å². The van der Waals surface area contributed by atoms with E-state index in [0.29, 0.717) is 13.1 Å². The lowest BCUT2D eigenvalue weighted by Gasteiger charge is -2.12. The van der Waals surface area contributed by atoms with Crippen LogP contribution in [0.1, 0.15) is 23.3 Å². The van der Waals surface area contributed by atoms with Crippen molar-refractivity contribution in [2.24, 2.45) is 11.5 Å². The fourth-order valence-electron chi connectivity index (χ4n) is 1.42. The molecule has 2 amide bonds. The van der Waals surface area contributed by atoms with Crippen molar-refractivity contribution in [3.63, 3.8) is 0 Å². The molecule has 6 N–H and O–H groups in total. The highest BCUT2D eigenvalue weighted by atomic mass is 16.4. The first-order valence-electron chi connectivity index (χ1n) is 5.86. The van der Waals surface area contributed by atoms with E-state index in [0.717, 1.165) is 0 Å². The number of hydrogen-bond donors (Lipinski definition) is 4. The van der Waals surface area contributed by atoms with E-state index < -0.39 is 23.8 Å². The second-order valence-corrected chi connectivity index (χ2v) is 4.02. The number of nitrogens with two attached hydrogens (primary N) is 2. The second-order valence-electron chi connectivity index (χ2n) is 4.02. The molecule has 10 nitrogen and oxygen atoms in total. The van der Waals surface area contributed by atoms with Crippen LogP contribution in [0.25, 0.3) is 0 Å². The van der Waals surface area contributed by atoms with Crippen LogP contribution in [0.15, 0.2) is 6.20 Å². The van der Waals surface area contributed by atoms with Gasteiger partial charge in [0.25, 0.3) is 5.91 Å². The Balaban J connectivity index is 2.64. The summed E-state index contributed by atoms with van der Waals surface area (Å²) in [6.07, 6.45) is 1.12. The number of carbonyl (C=O) groups is 3. The number of nitrogens with one attached hydrogen (secondary N) is 1. The lowest BCUT2D eigenvalue weighted by molar-refractivity contribution is -0.139. The number of hydrogen-bond acceptors (Lipinski definition) is 6. The summed E-state index contributed by atoms with van der Waals surface area (Å²) in [7, 11) is 0. The number of primary amides is 1. The smallest absolute Gasteiger partial charge is 0.326 e. The van der Waals surface area contributed by atoms with Gasteiger partial charge in [0.05, 0.1) is 12.7 Å². The van der Waals surface area contributed by atoms with Gasteiger partial charge in [0, 0.05) is 13.0 Å². The van der Waals surface area contributed by atoms with Crippen LogP contribution in [0.5, 0.6) is 0 Å². The van der Waals surface area contributed by atoms with Gasteiger partial charge in [0.2, 0.25) is 5.91 Å². The number of amides is 2. The van der Waals surface area contributed by atoms with Gasteiger partial charge in [-0.25, -0.2) is 4.79 Å². The molecule has 10 heteroatoms. The molecular weight excluding hydrogens is 268 g/mol. The van der Waals surface area contributed by atoms with Crippen molar-refractivity contribution in [3.05, 3.63) is 11.9 Å². The third-order valence-corrected chi connectivity index (χ3v) is 2.41. The third kappa shape index (κ3) is 4.65. The van der Waals surface area contributed by atoms with Crippen LogP contribution in [0, 0.1) is 0 Å². The van der Waals surface area contributed by atoms with E-state index in [4.69, 9.17) is 16.6 Å². The monoisotopic (exact) mass is 284 g/mol. The van der Waals surface area contributed by atoms with Crippen molar-refractivity contribution in [1.29, 1.82) is 0 Å². The average molecular weight is 284 g/mol. The van der Waals surface area contributed by atoms with Gasteiger partial charge in [-0.3, -0.25) is 14.3 Å². The van der Waals surface area contributed by atoms with Crippen LogP contribution in [0.2, 0.25) is 0 Å². The number of aromatic nitrogens is 3. The molecule has 1 rings (SSSR count). The van der Waals surface area contributed by atoms with Gasteiger partial charge in [0.15, 0.2) is 5.69 Å². The predicted molar refractivity (Wildman–Crippen MR) is 66.4 cm³/mol. The van der Waals surface area contributed by atoms with Crippen LogP contribution in [-0.4, -0.2) is 50.5 Å². The molecule has 0 aliphatic heterocycles. The minimum atomic E-state index is -1.26. The summed E-state index contributed by atoms with van der Waals surface area (Å²) in [6.45, 7) is 0.727. The van der Waals surface area contributed by atoms with Crippen molar-refractivity contribution in [2.75, 3.05) is 6.54 Å². The number of nitrogens with zero attached hydrogens (tertiary/aromatic N) is 3. The van der Waals surface area contributed by atoms with Crippen molar-refractivity contribution in [2.45, 2.75) is 25.4 Å². The van der Waals surface area contributed by atoms with Crippen molar-refractivity contribution in [1.82, 2.24) is 20.3 Å². The Morgan fingerprint density at radius 2 is 2.15 bits per heavy atom. The average Bonchev–Trinajstić information content (AvgIpc) is 2.82. The molecule has 0 saturated heterocycles. The van der Waals surface area contributed by atoms with Crippen molar-refractivity contribution in [3.8, 4) is 0 Å². The highest BCUT2D eigenvalue weighted by molar-refractivity contribution is 5.94. The Kier molecular flexibility index (Phi) is 5.59. The summed E-state index contributed by atoms with van der Waals surface area (Å²) >= 11 is 0. The van der Waals surface area contributed by atoms with Crippen LogP contribution in [0.4, 0.5) is 0 Å². The fourth-order valence-corrected chi connectivity index (χ4v) is 1.42. The van der Waals surface area contributed by atoms with E-state index in [2.05, 4.69) is 15.6 Å². The van der Waals surface area contributed by atoms with Gasteiger partial charge >= 0.3 is 5.97 Å². The molecule has 1 aromatic heterocycles. The molecule has 0 spiro atoms. The van der Waals surface area contributed by atoms with Gasteiger partial charge in [-0.2, -0.15) is 0 Å². The number of carboxylic acid groups (broad SMARTS) is 1. The number of carboxylic acids is 1. The van der Waals surface area contributed by atoms with E-state index in [1.165, 1.54) is 10.9 Å². The summed E-state index contributed by atoms with van der Waals surface area (Å²) in [4.78, 5) is 33.4. The molecule has 1 aromatic rings. The highest BCUT2D eigenvalue weighted by Crippen LogP contribution is 2.00. The Hall–Kier alpha value is -2.49. The van der Waals surface area contributed by atoms with E-state index >= 15 is 0 Å². The molecule has 0 fully saturated rings. The standard InChI is InChI=1S/C10H16N6O4/c11-3-4-16-5-7(14-15-16)9(18)13-6(10(19)20)1-2-8(12)17/h5-6H,1-4,11H2,(H2,12,17)(H,13,18)(H,19,20)/t6-/m1/s1. The highest BCUT2D eigenvalue weighted by Gasteiger charge is 2.22. The largest absolute Gasteiger partial charge is 0.480 e. The predicted octanol–water partition coefficient (Wildman–Crippen LogP) is -2.31. The Morgan fingerprint density at radius 3 is 2.70 bits per heavy atom. The minimum Gasteiger partial charge on any atom is -0.480 e. The topological polar surface area (TPSA) is 166 Å². The van der Waals surface area contributed by atoms with Gasteiger partial charge in [-0.15, -0.1) is 5.10 Å². The van der Waals surface area contributed by atoms with Gasteiger partial charge in [0.1, 0.15) is 6.04 Å². The molecule has 0 aromatic carbocycles. The van der Waals surface area contributed by atoms with Crippen molar-refractivity contribution >= 4 is 17.8 Å². The lowest BCUT2D eigenvalue weighted by Crippen LogP contribution is -2.41. The van der Waals surface area contributed by atoms with Gasteiger partial charge in [-0.05, 0) is 6.42 Å². The molecule has 110 valence electrons. The molecule has 0 saturated carbocycles. The Bertz CT molecular complexity index is 500. The first-order valence-corrected chi connectivity index (χ1v) is 5.86. The molecule has 0 aliphatic rings. The maximum Gasteiger partial charge on any atom is 0.326 e. The molecule has 0 aliphatic carbocycles.